The SMILES string of the molecule is CCN1C(=O)CC(N)C1c1ccc(Cl)cc1Cl. The number of halogens is 2. The van der Waals surface area contributed by atoms with Crippen LogP contribution in [0.1, 0.15) is 24.9 Å². The largest absolute Gasteiger partial charge is 0.334 e. The van der Waals surface area contributed by atoms with Crippen molar-refractivity contribution in [3.05, 3.63) is 33.8 Å². The predicted molar refractivity (Wildman–Crippen MR) is 69.2 cm³/mol. The van der Waals surface area contributed by atoms with Crippen LogP contribution in [-0.4, -0.2) is 23.4 Å². The molecule has 0 bridgehead atoms. The first-order valence-electron chi connectivity index (χ1n) is 5.54. The molecule has 0 aromatic heterocycles. The first-order chi connectivity index (χ1) is 8.04. The molecule has 0 aliphatic carbocycles. The minimum Gasteiger partial charge on any atom is -0.334 e. The van der Waals surface area contributed by atoms with Crippen molar-refractivity contribution in [1.29, 1.82) is 0 Å². The van der Waals surface area contributed by atoms with Gasteiger partial charge in [0.1, 0.15) is 0 Å². The summed E-state index contributed by atoms with van der Waals surface area (Å²) in [7, 11) is 0. The molecule has 3 nitrogen and oxygen atoms in total. The van der Waals surface area contributed by atoms with Crippen LogP contribution in [0, 0.1) is 0 Å². The van der Waals surface area contributed by atoms with Crippen molar-refractivity contribution < 1.29 is 4.79 Å². The number of benzene rings is 1. The number of hydrogen-bond acceptors (Lipinski definition) is 2. The smallest absolute Gasteiger partial charge is 0.224 e. The molecule has 0 radical (unpaired) electrons. The van der Waals surface area contributed by atoms with Gasteiger partial charge in [0.2, 0.25) is 5.91 Å². The fraction of sp³-hybridized carbons (Fsp3) is 0.417. The van der Waals surface area contributed by atoms with Gasteiger partial charge in [-0.1, -0.05) is 29.3 Å². The third kappa shape index (κ3) is 2.28. The molecule has 1 heterocycles. The van der Waals surface area contributed by atoms with E-state index in [1.54, 1.807) is 17.0 Å². The van der Waals surface area contributed by atoms with Gasteiger partial charge in [0, 0.05) is 29.1 Å². The van der Waals surface area contributed by atoms with Crippen LogP contribution in [0.3, 0.4) is 0 Å². The van der Waals surface area contributed by atoms with Crippen LogP contribution in [-0.2, 0) is 4.79 Å². The van der Waals surface area contributed by atoms with Crippen LogP contribution in [0.2, 0.25) is 10.0 Å². The van der Waals surface area contributed by atoms with Crippen molar-refractivity contribution in [3.63, 3.8) is 0 Å². The second-order valence-electron chi connectivity index (χ2n) is 4.16. The Balaban J connectivity index is 2.41. The lowest BCUT2D eigenvalue weighted by Crippen LogP contribution is -2.33. The summed E-state index contributed by atoms with van der Waals surface area (Å²) in [5, 5.41) is 1.14. The molecule has 2 rings (SSSR count). The van der Waals surface area contributed by atoms with Gasteiger partial charge in [-0.3, -0.25) is 4.79 Å². The normalized spacial score (nSPS) is 24.5. The van der Waals surface area contributed by atoms with E-state index in [0.29, 0.717) is 23.0 Å². The number of hydrogen-bond donors (Lipinski definition) is 1. The highest BCUT2D eigenvalue weighted by Gasteiger charge is 2.38. The Morgan fingerprint density at radius 3 is 2.76 bits per heavy atom. The maximum absolute atomic E-state index is 11.8. The summed E-state index contributed by atoms with van der Waals surface area (Å²) in [5.74, 6) is 0.0796. The molecule has 92 valence electrons. The molecule has 0 spiro atoms. The highest BCUT2D eigenvalue weighted by molar-refractivity contribution is 6.35. The summed E-state index contributed by atoms with van der Waals surface area (Å²) in [6, 6.07) is 4.95. The quantitative estimate of drug-likeness (QED) is 0.900. The average Bonchev–Trinajstić information content (AvgIpc) is 2.53. The number of nitrogens with zero attached hydrogens (tertiary/aromatic N) is 1. The molecule has 1 aliphatic rings. The van der Waals surface area contributed by atoms with E-state index in [4.69, 9.17) is 28.9 Å². The van der Waals surface area contributed by atoms with Gasteiger partial charge < -0.3 is 10.6 Å². The van der Waals surface area contributed by atoms with Gasteiger partial charge in [0.25, 0.3) is 0 Å². The van der Waals surface area contributed by atoms with Crippen molar-refractivity contribution >= 4 is 29.1 Å². The number of carbonyl (C=O) groups is 1. The van der Waals surface area contributed by atoms with Crippen LogP contribution in [0.25, 0.3) is 0 Å². The number of amides is 1. The van der Waals surface area contributed by atoms with E-state index in [-0.39, 0.29) is 18.0 Å². The molecular weight excluding hydrogens is 259 g/mol. The highest BCUT2D eigenvalue weighted by atomic mass is 35.5. The Morgan fingerprint density at radius 1 is 1.47 bits per heavy atom. The van der Waals surface area contributed by atoms with E-state index in [0.717, 1.165) is 5.56 Å². The van der Waals surface area contributed by atoms with Crippen molar-refractivity contribution in [2.24, 2.45) is 5.73 Å². The summed E-state index contributed by atoms with van der Waals surface area (Å²) in [6.45, 7) is 2.57. The molecule has 0 saturated carbocycles. The molecule has 2 N–H and O–H groups in total. The van der Waals surface area contributed by atoms with E-state index in [2.05, 4.69) is 0 Å². The van der Waals surface area contributed by atoms with E-state index >= 15 is 0 Å². The molecule has 1 amide bonds. The molecule has 2 atom stereocenters. The molecule has 1 saturated heterocycles. The summed E-state index contributed by atoms with van der Waals surface area (Å²) in [5.41, 5.74) is 6.89. The Hall–Kier alpha value is -0.770. The Morgan fingerprint density at radius 2 is 2.18 bits per heavy atom. The first-order valence-corrected chi connectivity index (χ1v) is 6.30. The minimum absolute atomic E-state index is 0.0796. The molecule has 1 fully saturated rings. The summed E-state index contributed by atoms with van der Waals surface area (Å²) >= 11 is 12.0. The zero-order valence-electron chi connectivity index (χ0n) is 9.49. The van der Waals surface area contributed by atoms with Crippen LogP contribution in [0.4, 0.5) is 0 Å². The maximum atomic E-state index is 11.8. The lowest BCUT2D eigenvalue weighted by molar-refractivity contribution is -0.128. The zero-order valence-corrected chi connectivity index (χ0v) is 11.0. The Bertz CT molecular complexity index is 450. The van der Waals surface area contributed by atoms with Gasteiger partial charge in [0.05, 0.1) is 6.04 Å². The lowest BCUT2D eigenvalue weighted by Gasteiger charge is -2.26. The van der Waals surface area contributed by atoms with E-state index in [9.17, 15) is 4.79 Å². The number of carbonyl (C=O) groups excluding carboxylic acids is 1. The first kappa shape index (κ1) is 12.7. The Kier molecular flexibility index (Phi) is 3.61. The van der Waals surface area contributed by atoms with Crippen molar-refractivity contribution in [2.45, 2.75) is 25.4 Å². The molecule has 17 heavy (non-hydrogen) atoms. The van der Waals surface area contributed by atoms with Crippen LogP contribution < -0.4 is 5.73 Å². The minimum atomic E-state index is -0.207. The standard InChI is InChI=1S/C12H14Cl2N2O/c1-2-16-11(17)6-10(15)12(16)8-4-3-7(13)5-9(8)14/h3-5,10,12H,2,6,15H2,1H3. The molecular formula is C12H14Cl2N2O. The highest BCUT2D eigenvalue weighted by Crippen LogP contribution is 2.36. The van der Waals surface area contributed by atoms with Crippen LogP contribution in [0.5, 0.6) is 0 Å². The topological polar surface area (TPSA) is 46.3 Å². The summed E-state index contributed by atoms with van der Waals surface area (Å²) < 4.78 is 0. The zero-order chi connectivity index (χ0) is 12.6. The molecule has 1 aliphatic heterocycles. The Labute approximate surface area is 110 Å². The van der Waals surface area contributed by atoms with Crippen molar-refractivity contribution in [2.75, 3.05) is 6.54 Å². The summed E-state index contributed by atoms with van der Waals surface area (Å²) in [4.78, 5) is 13.5. The fourth-order valence-electron chi connectivity index (χ4n) is 2.33. The number of nitrogens with two attached hydrogens (primary N) is 1. The van der Waals surface area contributed by atoms with Crippen LogP contribution >= 0.6 is 23.2 Å². The predicted octanol–water partition coefficient (Wildman–Crippen LogP) is 2.61. The number of rotatable bonds is 2. The maximum Gasteiger partial charge on any atom is 0.224 e. The number of likely N-dealkylation sites (tertiary alicyclic amines) is 1. The fourth-order valence-corrected chi connectivity index (χ4v) is 2.85. The monoisotopic (exact) mass is 272 g/mol. The molecule has 2 unspecified atom stereocenters. The van der Waals surface area contributed by atoms with Gasteiger partial charge in [-0.2, -0.15) is 0 Å². The third-order valence-corrected chi connectivity index (χ3v) is 3.66. The van der Waals surface area contributed by atoms with E-state index < -0.39 is 0 Å². The molecule has 1 aromatic rings. The number of likely N-dealkylation sites (N-methyl/N-ethyl adjacent to an activating group) is 1. The van der Waals surface area contributed by atoms with Gasteiger partial charge >= 0.3 is 0 Å². The lowest BCUT2D eigenvalue weighted by atomic mass is 10.0. The van der Waals surface area contributed by atoms with Crippen molar-refractivity contribution in [3.8, 4) is 0 Å². The van der Waals surface area contributed by atoms with Crippen molar-refractivity contribution in [1.82, 2.24) is 4.90 Å². The van der Waals surface area contributed by atoms with E-state index in [1.807, 2.05) is 13.0 Å². The van der Waals surface area contributed by atoms with Gasteiger partial charge in [-0.25, -0.2) is 0 Å². The second kappa shape index (κ2) is 4.84. The summed E-state index contributed by atoms with van der Waals surface area (Å²) in [6.07, 6.45) is 0.372. The molecule has 5 heteroatoms. The molecule has 1 aromatic carbocycles. The van der Waals surface area contributed by atoms with Gasteiger partial charge in [-0.05, 0) is 24.6 Å². The average molecular weight is 273 g/mol. The van der Waals surface area contributed by atoms with Gasteiger partial charge in [-0.15, -0.1) is 0 Å². The van der Waals surface area contributed by atoms with Crippen LogP contribution in [0.15, 0.2) is 18.2 Å². The van der Waals surface area contributed by atoms with E-state index in [1.165, 1.54) is 0 Å². The van der Waals surface area contributed by atoms with Gasteiger partial charge in [0.15, 0.2) is 0 Å². The second-order valence-corrected chi connectivity index (χ2v) is 5.00. The third-order valence-electron chi connectivity index (χ3n) is 3.09.